The lowest BCUT2D eigenvalue weighted by molar-refractivity contribution is 0.186. The summed E-state index contributed by atoms with van der Waals surface area (Å²) in [6.07, 6.45) is 12.8. The van der Waals surface area contributed by atoms with E-state index in [2.05, 4.69) is 17.9 Å². The van der Waals surface area contributed by atoms with E-state index in [1.165, 1.54) is 51.5 Å². The smallest absolute Gasteiger partial charge is 0.0350 e. The maximum absolute atomic E-state index is 2.78. The molecule has 3 aliphatic rings. The molecule has 1 saturated carbocycles. The Balaban J connectivity index is 1.86. The van der Waals surface area contributed by atoms with Gasteiger partial charge in [-0.25, -0.2) is 0 Å². The summed E-state index contributed by atoms with van der Waals surface area (Å²) in [7, 11) is 0. The van der Waals surface area contributed by atoms with Crippen LogP contribution in [0.25, 0.3) is 0 Å². The molecule has 1 nitrogen and oxygen atoms in total. The van der Waals surface area contributed by atoms with Crippen molar-refractivity contribution in [3.8, 4) is 0 Å². The standard InChI is InChI=1S/C14H23N/c1-11-6-4-5-9-15-13-8-3-2-7-12(13)10-14(11)15/h10-13H,2-9H2,1H3. The minimum absolute atomic E-state index is 0.832. The Morgan fingerprint density at radius 1 is 1.07 bits per heavy atom. The highest BCUT2D eigenvalue weighted by Gasteiger charge is 2.37. The van der Waals surface area contributed by atoms with E-state index in [0.29, 0.717) is 0 Å². The zero-order valence-electron chi connectivity index (χ0n) is 9.91. The SMILES string of the molecule is CC1CCCCN2C1=CC1CCCCC12. The third-order valence-corrected chi connectivity index (χ3v) is 4.69. The summed E-state index contributed by atoms with van der Waals surface area (Å²) < 4.78 is 0. The van der Waals surface area contributed by atoms with Crippen molar-refractivity contribution in [1.82, 2.24) is 4.90 Å². The molecule has 0 amide bonds. The van der Waals surface area contributed by atoms with Crippen molar-refractivity contribution >= 4 is 0 Å². The Kier molecular flexibility index (Phi) is 2.50. The topological polar surface area (TPSA) is 3.24 Å². The first-order valence-corrected chi connectivity index (χ1v) is 6.84. The fourth-order valence-electron chi connectivity index (χ4n) is 3.85. The van der Waals surface area contributed by atoms with Gasteiger partial charge in [-0.05, 0) is 37.5 Å². The van der Waals surface area contributed by atoms with Crippen molar-refractivity contribution in [2.75, 3.05) is 6.54 Å². The second-order valence-electron chi connectivity index (χ2n) is 5.70. The van der Waals surface area contributed by atoms with E-state index in [-0.39, 0.29) is 0 Å². The van der Waals surface area contributed by atoms with Crippen LogP contribution in [0, 0.1) is 11.8 Å². The van der Waals surface area contributed by atoms with Gasteiger partial charge in [-0.15, -0.1) is 0 Å². The molecule has 0 bridgehead atoms. The molecular formula is C14H23N. The molecule has 0 aromatic heterocycles. The van der Waals surface area contributed by atoms with Crippen LogP contribution in [-0.2, 0) is 0 Å². The van der Waals surface area contributed by atoms with Crippen molar-refractivity contribution in [2.24, 2.45) is 11.8 Å². The number of hydrogen-bond donors (Lipinski definition) is 0. The molecule has 2 heterocycles. The molecule has 1 heteroatoms. The Morgan fingerprint density at radius 2 is 1.87 bits per heavy atom. The Hall–Kier alpha value is -0.460. The summed E-state index contributed by atoms with van der Waals surface area (Å²) in [4.78, 5) is 2.78. The lowest BCUT2D eigenvalue weighted by Crippen LogP contribution is -2.36. The van der Waals surface area contributed by atoms with Gasteiger partial charge >= 0.3 is 0 Å². The van der Waals surface area contributed by atoms with Gasteiger partial charge in [0.25, 0.3) is 0 Å². The van der Waals surface area contributed by atoms with Crippen LogP contribution in [0.5, 0.6) is 0 Å². The van der Waals surface area contributed by atoms with Gasteiger partial charge in [0.15, 0.2) is 0 Å². The molecule has 2 aliphatic heterocycles. The summed E-state index contributed by atoms with van der Waals surface area (Å²) in [5.41, 5.74) is 1.71. The van der Waals surface area contributed by atoms with Gasteiger partial charge in [-0.2, -0.15) is 0 Å². The zero-order valence-corrected chi connectivity index (χ0v) is 9.91. The fraction of sp³-hybridized carbons (Fsp3) is 0.857. The molecule has 15 heavy (non-hydrogen) atoms. The summed E-state index contributed by atoms with van der Waals surface area (Å²) in [6.45, 7) is 3.78. The molecule has 0 radical (unpaired) electrons. The van der Waals surface area contributed by atoms with E-state index in [1.54, 1.807) is 5.70 Å². The normalized spacial score (nSPS) is 40.5. The maximum atomic E-state index is 2.78. The van der Waals surface area contributed by atoms with Crippen LogP contribution in [0.4, 0.5) is 0 Å². The number of nitrogens with zero attached hydrogens (tertiary/aromatic N) is 1. The first-order chi connectivity index (χ1) is 7.36. The summed E-state index contributed by atoms with van der Waals surface area (Å²) in [6, 6.07) is 0.897. The third-order valence-electron chi connectivity index (χ3n) is 4.69. The molecule has 3 unspecified atom stereocenters. The van der Waals surface area contributed by atoms with Gasteiger partial charge in [-0.1, -0.05) is 32.3 Å². The van der Waals surface area contributed by atoms with Gasteiger partial charge in [0.05, 0.1) is 0 Å². The summed E-state index contributed by atoms with van der Waals surface area (Å²) in [5, 5.41) is 0. The number of hydrogen-bond acceptors (Lipinski definition) is 1. The lowest BCUT2D eigenvalue weighted by atomic mass is 9.85. The number of rotatable bonds is 0. The average molecular weight is 205 g/mol. The van der Waals surface area contributed by atoms with Gasteiger partial charge in [0.1, 0.15) is 0 Å². The van der Waals surface area contributed by atoms with E-state index >= 15 is 0 Å². The highest BCUT2D eigenvalue weighted by molar-refractivity contribution is 5.19. The van der Waals surface area contributed by atoms with Crippen molar-refractivity contribution < 1.29 is 0 Å². The molecule has 0 N–H and O–H groups in total. The molecule has 1 saturated heterocycles. The predicted molar refractivity (Wildman–Crippen MR) is 63.6 cm³/mol. The Bertz CT molecular complexity index is 269. The molecular weight excluding hydrogens is 182 g/mol. The van der Waals surface area contributed by atoms with Crippen LogP contribution in [0.2, 0.25) is 0 Å². The number of fused-ring (bicyclic) bond motifs is 3. The second kappa shape index (κ2) is 3.84. The van der Waals surface area contributed by atoms with E-state index in [4.69, 9.17) is 0 Å². The molecule has 84 valence electrons. The van der Waals surface area contributed by atoms with E-state index < -0.39 is 0 Å². The minimum atomic E-state index is 0.832. The molecule has 0 aromatic rings. The molecule has 3 rings (SSSR count). The van der Waals surface area contributed by atoms with Gasteiger partial charge < -0.3 is 4.90 Å². The third kappa shape index (κ3) is 1.60. The van der Waals surface area contributed by atoms with Gasteiger partial charge in [0.2, 0.25) is 0 Å². The quantitative estimate of drug-likeness (QED) is 0.584. The Labute approximate surface area is 93.5 Å². The zero-order chi connectivity index (χ0) is 10.3. The predicted octanol–water partition coefficient (Wildman–Crippen LogP) is 3.56. The van der Waals surface area contributed by atoms with E-state index in [0.717, 1.165) is 17.9 Å². The van der Waals surface area contributed by atoms with E-state index in [1.807, 2.05) is 0 Å². The van der Waals surface area contributed by atoms with Crippen LogP contribution < -0.4 is 0 Å². The largest absolute Gasteiger partial charge is 0.371 e. The summed E-state index contributed by atoms with van der Waals surface area (Å²) >= 11 is 0. The second-order valence-corrected chi connectivity index (χ2v) is 5.70. The molecule has 3 atom stereocenters. The van der Waals surface area contributed by atoms with Crippen LogP contribution >= 0.6 is 0 Å². The minimum Gasteiger partial charge on any atom is -0.371 e. The maximum Gasteiger partial charge on any atom is 0.0350 e. The molecule has 0 spiro atoms. The fourth-order valence-corrected chi connectivity index (χ4v) is 3.85. The van der Waals surface area contributed by atoms with Crippen LogP contribution in [0.15, 0.2) is 11.8 Å². The molecule has 2 fully saturated rings. The van der Waals surface area contributed by atoms with Crippen molar-refractivity contribution in [3.63, 3.8) is 0 Å². The van der Waals surface area contributed by atoms with Gasteiger partial charge in [-0.3, -0.25) is 0 Å². The summed E-state index contributed by atoms with van der Waals surface area (Å²) in [5.74, 6) is 1.74. The van der Waals surface area contributed by atoms with Crippen molar-refractivity contribution in [2.45, 2.75) is 57.9 Å². The first-order valence-electron chi connectivity index (χ1n) is 6.84. The highest BCUT2D eigenvalue weighted by atomic mass is 15.2. The lowest BCUT2D eigenvalue weighted by Gasteiger charge is -2.35. The monoisotopic (exact) mass is 205 g/mol. The Morgan fingerprint density at radius 3 is 2.80 bits per heavy atom. The first kappa shape index (κ1) is 9.74. The van der Waals surface area contributed by atoms with E-state index in [9.17, 15) is 0 Å². The molecule has 1 aliphatic carbocycles. The molecule has 0 aromatic carbocycles. The van der Waals surface area contributed by atoms with Crippen LogP contribution in [0.3, 0.4) is 0 Å². The van der Waals surface area contributed by atoms with Gasteiger partial charge in [0, 0.05) is 18.3 Å². The van der Waals surface area contributed by atoms with Crippen LogP contribution in [-0.4, -0.2) is 17.5 Å². The highest BCUT2D eigenvalue weighted by Crippen LogP contribution is 2.42. The van der Waals surface area contributed by atoms with Crippen molar-refractivity contribution in [1.29, 1.82) is 0 Å². The van der Waals surface area contributed by atoms with Crippen LogP contribution in [0.1, 0.15) is 51.9 Å². The van der Waals surface area contributed by atoms with Crippen molar-refractivity contribution in [3.05, 3.63) is 11.8 Å². The average Bonchev–Trinajstić information content (AvgIpc) is 2.54. The number of allylic oxidation sites excluding steroid dienone is 1.